The fraction of sp³-hybridized carbons (Fsp3) is 0.244. The van der Waals surface area contributed by atoms with Crippen LogP contribution in [0.1, 0.15) is 59.4 Å². The summed E-state index contributed by atoms with van der Waals surface area (Å²) >= 11 is 3.49. The van der Waals surface area contributed by atoms with Gasteiger partial charge in [0.2, 0.25) is 17.6 Å². The fourth-order valence-corrected chi connectivity index (χ4v) is 7.27. The van der Waals surface area contributed by atoms with Gasteiger partial charge in [0.25, 0.3) is 0 Å². The molecule has 1 saturated carbocycles. The summed E-state index contributed by atoms with van der Waals surface area (Å²) in [6.07, 6.45) is 1.37. The molecule has 0 radical (unpaired) electrons. The Morgan fingerprint density at radius 3 is 2.34 bits per heavy atom. The molecule has 0 spiro atoms. The zero-order valence-electron chi connectivity index (χ0n) is 27.7. The van der Waals surface area contributed by atoms with Gasteiger partial charge in [-0.05, 0) is 98.3 Å². The Kier molecular flexibility index (Phi) is 9.33. The van der Waals surface area contributed by atoms with E-state index in [1.54, 1.807) is 73.7 Å². The van der Waals surface area contributed by atoms with Gasteiger partial charge in [0.1, 0.15) is 12.4 Å². The van der Waals surface area contributed by atoms with Gasteiger partial charge in [-0.15, -0.1) is 0 Å². The second kappa shape index (κ2) is 14.0. The molecule has 1 aliphatic carbocycles. The van der Waals surface area contributed by atoms with Crippen molar-refractivity contribution < 1.29 is 28.7 Å². The maximum Gasteiger partial charge on any atom is 0.339 e. The topological polar surface area (TPSA) is 103 Å². The molecule has 9 heteroatoms. The monoisotopic (exact) mass is 730 g/mol. The Hall–Kier alpha value is -5.15. The van der Waals surface area contributed by atoms with Crippen LogP contribution in [-0.4, -0.2) is 34.7 Å². The summed E-state index contributed by atoms with van der Waals surface area (Å²) in [5.41, 5.74) is 3.97. The molecule has 4 atom stereocenters. The number of ketones is 1. The van der Waals surface area contributed by atoms with Crippen LogP contribution < -0.4 is 9.64 Å². The number of anilines is 1. The standard InChI is InChI=1S/C41H35BrN2O6/c1-24-8-18-32-34(20-24)40(47)44(39(32)46)30-14-9-27(10-15-30)37-22-35(33-21-29(42)13-19-36(33)43-37)41(48)50-25(2)38(45)28-11-16-31(17-12-28)49-23-26-6-4-3-5-7-26/h3-7,9-17,19,21-22,24-25,32,34H,8,18,20,23H2,1-2H3. The van der Waals surface area contributed by atoms with Crippen molar-refractivity contribution in [2.45, 2.75) is 45.8 Å². The van der Waals surface area contributed by atoms with Crippen molar-refractivity contribution >= 4 is 56.1 Å². The van der Waals surface area contributed by atoms with Gasteiger partial charge >= 0.3 is 5.97 Å². The van der Waals surface area contributed by atoms with E-state index in [0.29, 0.717) is 51.7 Å². The Balaban J connectivity index is 1.09. The summed E-state index contributed by atoms with van der Waals surface area (Å²) in [4.78, 5) is 59.6. The smallest absolute Gasteiger partial charge is 0.339 e. The zero-order valence-corrected chi connectivity index (χ0v) is 29.3. The van der Waals surface area contributed by atoms with Gasteiger partial charge in [0.15, 0.2) is 6.10 Å². The largest absolute Gasteiger partial charge is 0.489 e. The van der Waals surface area contributed by atoms with Crippen LogP contribution in [0.4, 0.5) is 5.69 Å². The molecule has 2 aliphatic rings. The average Bonchev–Trinajstić information content (AvgIpc) is 3.38. The third-order valence-corrected chi connectivity index (χ3v) is 10.1. The minimum Gasteiger partial charge on any atom is -0.489 e. The lowest BCUT2D eigenvalue weighted by atomic mass is 9.76. The highest BCUT2D eigenvalue weighted by molar-refractivity contribution is 9.10. The number of amides is 2. The molecule has 1 saturated heterocycles. The van der Waals surface area contributed by atoms with Crippen LogP contribution >= 0.6 is 15.9 Å². The molecule has 2 amide bonds. The van der Waals surface area contributed by atoms with Gasteiger partial charge in [-0.1, -0.05) is 65.3 Å². The number of imide groups is 1. The van der Waals surface area contributed by atoms with Crippen LogP contribution in [-0.2, 0) is 20.9 Å². The molecule has 2 fully saturated rings. The first-order valence-corrected chi connectivity index (χ1v) is 17.6. The van der Waals surface area contributed by atoms with Crippen molar-refractivity contribution in [2.24, 2.45) is 17.8 Å². The Labute approximate surface area is 298 Å². The SMILES string of the molecule is CC1CCC2C(=O)N(c3ccc(-c4cc(C(=O)OC(C)C(=O)c5ccc(OCc6ccccc6)cc5)c5cc(Br)ccc5n4)cc3)C(=O)C2C1. The highest BCUT2D eigenvalue weighted by Crippen LogP contribution is 2.42. The van der Waals surface area contributed by atoms with Gasteiger partial charge in [-0.2, -0.15) is 0 Å². The van der Waals surface area contributed by atoms with Crippen LogP contribution in [0.5, 0.6) is 5.75 Å². The lowest BCUT2D eigenvalue weighted by molar-refractivity contribution is -0.122. The van der Waals surface area contributed by atoms with E-state index in [4.69, 9.17) is 14.5 Å². The van der Waals surface area contributed by atoms with Crippen LogP contribution in [0.25, 0.3) is 22.2 Å². The molecule has 2 heterocycles. The highest BCUT2D eigenvalue weighted by Gasteiger charge is 2.50. The van der Waals surface area contributed by atoms with E-state index in [1.807, 2.05) is 36.4 Å². The predicted octanol–water partition coefficient (Wildman–Crippen LogP) is 8.60. The van der Waals surface area contributed by atoms with Crippen molar-refractivity contribution in [3.8, 4) is 17.0 Å². The number of fused-ring (bicyclic) bond motifs is 2. The lowest BCUT2D eigenvalue weighted by Crippen LogP contribution is -2.30. The quantitative estimate of drug-likeness (QED) is 0.0850. The number of aromatic nitrogens is 1. The van der Waals surface area contributed by atoms with Crippen molar-refractivity contribution in [3.05, 3.63) is 124 Å². The van der Waals surface area contributed by atoms with E-state index in [-0.39, 0.29) is 35.0 Å². The van der Waals surface area contributed by atoms with Crippen LogP contribution in [0.15, 0.2) is 108 Å². The van der Waals surface area contributed by atoms with Crippen molar-refractivity contribution in [1.82, 2.24) is 4.98 Å². The van der Waals surface area contributed by atoms with E-state index in [1.165, 1.54) is 4.90 Å². The molecule has 0 N–H and O–H groups in total. The molecule has 50 heavy (non-hydrogen) atoms. The summed E-state index contributed by atoms with van der Waals surface area (Å²) in [7, 11) is 0. The van der Waals surface area contributed by atoms with Gasteiger partial charge in [0, 0.05) is 21.0 Å². The summed E-state index contributed by atoms with van der Waals surface area (Å²) in [5.74, 6) is -0.727. The molecule has 5 aromatic rings. The predicted molar refractivity (Wildman–Crippen MR) is 194 cm³/mol. The number of Topliss-reactive ketones (excluding diaryl/α,β-unsaturated/α-hetero) is 1. The number of nitrogens with zero attached hydrogens (tertiary/aromatic N) is 2. The minimum atomic E-state index is -1.06. The van der Waals surface area contributed by atoms with E-state index >= 15 is 0 Å². The van der Waals surface area contributed by atoms with Crippen LogP contribution in [0.2, 0.25) is 0 Å². The number of halogens is 1. The second-order valence-corrected chi connectivity index (χ2v) is 14.0. The Morgan fingerprint density at radius 1 is 0.880 bits per heavy atom. The minimum absolute atomic E-state index is 0.130. The number of hydrogen-bond acceptors (Lipinski definition) is 7. The zero-order chi connectivity index (χ0) is 34.9. The van der Waals surface area contributed by atoms with Crippen molar-refractivity contribution in [3.63, 3.8) is 0 Å². The molecule has 4 aromatic carbocycles. The molecule has 1 aromatic heterocycles. The fourth-order valence-electron chi connectivity index (χ4n) is 6.91. The normalized spacial score (nSPS) is 19.3. The number of ether oxygens (including phenoxy) is 2. The molecular weight excluding hydrogens is 696 g/mol. The third kappa shape index (κ3) is 6.70. The summed E-state index contributed by atoms with van der Waals surface area (Å²) in [6, 6.07) is 30.7. The molecule has 252 valence electrons. The van der Waals surface area contributed by atoms with Gasteiger partial charge < -0.3 is 9.47 Å². The molecule has 1 aliphatic heterocycles. The van der Waals surface area contributed by atoms with E-state index in [9.17, 15) is 19.2 Å². The first kappa shape index (κ1) is 33.4. The summed E-state index contributed by atoms with van der Waals surface area (Å²) in [5, 5.41) is 0.564. The Bertz CT molecular complexity index is 2100. The number of rotatable bonds is 9. The Morgan fingerprint density at radius 2 is 1.60 bits per heavy atom. The number of esters is 1. The van der Waals surface area contributed by atoms with Gasteiger partial charge in [-0.25, -0.2) is 9.78 Å². The molecule has 8 nitrogen and oxygen atoms in total. The number of hydrogen-bond donors (Lipinski definition) is 0. The first-order valence-electron chi connectivity index (χ1n) is 16.8. The maximum absolute atomic E-state index is 13.7. The summed E-state index contributed by atoms with van der Waals surface area (Å²) in [6.45, 7) is 4.09. The molecule has 4 unspecified atom stereocenters. The number of pyridine rings is 1. The average molecular weight is 732 g/mol. The van der Waals surface area contributed by atoms with Gasteiger partial charge in [-0.3, -0.25) is 19.3 Å². The van der Waals surface area contributed by atoms with E-state index in [2.05, 4.69) is 22.9 Å². The lowest BCUT2D eigenvalue weighted by Gasteiger charge is -2.25. The van der Waals surface area contributed by atoms with Gasteiger partial charge in [0.05, 0.1) is 34.3 Å². The number of carbonyl (C=O) groups is 4. The highest BCUT2D eigenvalue weighted by atomic mass is 79.9. The number of carbonyl (C=O) groups excluding carboxylic acids is 4. The molecular formula is C41H35BrN2O6. The van der Waals surface area contributed by atoms with E-state index in [0.717, 1.165) is 29.3 Å². The van der Waals surface area contributed by atoms with Crippen molar-refractivity contribution in [2.75, 3.05) is 4.90 Å². The third-order valence-electron chi connectivity index (χ3n) is 9.64. The van der Waals surface area contributed by atoms with Crippen molar-refractivity contribution in [1.29, 1.82) is 0 Å². The van der Waals surface area contributed by atoms with Crippen LogP contribution in [0, 0.1) is 17.8 Å². The number of benzene rings is 4. The van der Waals surface area contributed by atoms with Crippen LogP contribution in [0.3, 0.4) is 0 Å². The summed E-state index contributed by atoms with van der Waals surface area (Å²) < 4.78 is 12.3. The van der Waals surface area contributed by atoms with E-state index < -0.39 is 12.1 Å². The maximum atomic E-state index is 13.7. The molecule has 7 rings (SSSR count). The molecule has 0 bridgehead atoms. The second-order valence-electron chi connectivity index (χ2n) is 13.1. The first-order chi connectivity index (χ1) is 24.2.